The second kappa shape index (κ2) is 9.07. The molecule has 1 aromatic heterocycles. The van der Waals surface area contributed by atoms with Crippen LogP contribution in [0, 0.1) is 0 Å². The van der Waals surface area contributed by atoms with Crippen molar-refractivity contribution < 1.29 is 14.3 Å². The fourth-order valence-electron chi connectivity index (χ4n) is 3.37. The number of thioether (sulfide) groups is 1. The van der Waals surface area contributed by atoms with Crippen LogP contribution in [0.3, 0.4) is 0 Å². The molecule has 4 rings (SSSR count). The maximum absolute atomic E-state index is 13.3. The highest BCUT2D eigenvalue weighted by molar-refractivity contribution is 8.00. The van der Waals surface area contributed by atoms with Gasteiger partial charge in [0, 0.05) is 18.2 Å². The molecule has 1 aliphatic rings. The molecule has 0 radical (unpaired) electrons. The van der Waals surface area contributed by atoms with Crippen molar-refractivity contribution in [3.63, 3.8) is 0 Å². The molecule has 8 nitrogen and oxygen atoms in total. The minimum absolute atomic E-state index is 0.171. The van der Waals surface area contributed by atoms with E-state index in [1.54, 1.807) is 26.4 Å². The Morgan fingerprint density at radius 2 is 2.06 bits per heavy atom. The Morgan fingerprint density at radius 1 is 1.23 bits per heavy atom. The Labute approximate surface area is 189 Å². The van der Waals surface area contributed by atoms with Crippen LogP contribution in [0.15, 0.2) is 47.6 Å². The van der Waals surface area contributed by atoms with Crippen molar-refractivity contribution in [1.29, 1.82) is 0 Å². The van der Waals surface area contributed by atoms with Crippen LogP contribution in [-0.4, -0.2) is 40.3 Å². The molecule has 1 aliphatic heterocycles. The van der Waals surface area contributed by atoms with Crippen molar-refractivity contribution in [2.45, 2.75) is 29.8 Å². The molecular formula is C21H22ClN5O3S. The van der Waals surface area contributed by atoms with E-state index < -0.39 is 5.25 Å². The number of fused-ring (bicyclic) bond motifs is 1. The number of rotatable bonds is 6. The number of methoxy groups -OCH3 is 2. The van der Waals surface area contributed by atoms with Gasteiger partial charge in [0.05, 0.1) is 25.3 Å². The summed E-state index contributed by atoms with van der Waals surface area (Å²) in [7, 11) is 3.15. The number of carbonyl (C=O) groups excluding carboxylic acids is 1. The molecule has 0 saturated heterocycles. The summed E-state index contributed by atoms with van der Waals surface area (Å²) >= 11 is 7.73. The van der Waals surface area contributed by atoms with Gasteiger partial charge in [0.2, 0.25) is 11.1 Å². The first-order chi connectivity index (χ1) is 15.0. The van der Waals surface area contributed by atoms with Crippen LogP contribution >= 0.6 is 23.4 Å². The van der Waals surface area contributed by atoms with E-state index in [0.29, 0.717) is 33.8 Å². The summed E-state index contributed by atoms with van der Waals surface area (Å²) in [5.74, 6) is 1.86. The highest BCUT2D eigenvalue weighted by Crippen LogP contribution is 2.39. The monoisotopic (exact) mass is 459 g/mol. The van der Waals surface area contributed by atoms with Gasteiger partial charge >= 0.3 is 0 Å². The first-order valence-corrected chi connectivity index (χ1v) is 11.0. The molecule has 2 atom stereocenters. The number of carbonyl (C=O) groups is 1. The van der Waals surface area contributed by atoms with Crippen LogP contribution in [-0.2, 0) is 11.2 Å². The number of nitrogens with zero attached hydrogens (tertiary/aromatic N) is 3. The summed E-state index contributed by atoms with van der Waals surface area (Å²) in [6.45, 7) is 2.00. The van der Waals surface area contributed by atoms with Crippen molar-refractivity contribution in [3.05, 3.63) is 58.9 Å². The number of ether oxygens (including phenoxy) is 2. The zero-order chi connectivity index (χ0) is 22.0. The lowest BCUT2D eigenvalue weighted by molar-refractivity contribution is -0.116. The third-order valence-corrected chi connectivity index (χ3v) is 6.46. The molecule has 0 fully saturated rings. The Bertz CT molecular complexity index is 1110. The van der Waals surface area contributed by atoms with Crippen LogP contribution in [0.1, 0.15) is 24.4 Å². The molecule has 0 saturated carbocycles. The average molecular weight is 460 g/mol. The smallest absolute Gasteiger partial charge is 0.240 e. The second-order valence-electron chi connectivity index (χ2n) is 6.85. The number of anilines is 1. The Morgan fingerprint density at radius 3 is 2.77 bits per heavy atom. The minimum atomic E-state index is -0.517. The number of hydrogen-bond donors (Lipinski definition) is 2. The largest absolute Gasteiger partial charge is 0.497 e. The van der Waals surface area contributed by atoms with Gasteiger partial charge in [-0.15, -0.1) is 10.2 Å². The number of amides is 1. The summed E-state index contributed by atoms with van der Waals surface area (Å²) in [4.78, 5) is 13.3. The number of aromatic nitrogens is 3. The van der Waals surface area contributed by atoms with E-state index in [1.807, 2.05) is 41.9 Å². The first kappa shape index (κ1) is 21.3. The van der Waals surface area contributed by atoms with E-state index in [0.717, 1.165) is 11.4 Å². The Balaban J connectivity index is 1.68. The summed E-state index contributed by atoms with van der Waals surface area (Å²) in [6, 6.07) is 12.4. The molecule has 0 aliphatic carbocycles. The normalized spacial score (nSPS) is 17.4. The lowest BCUT2D eigenvalue weighted by Gasteiger charge is -2.33. The van der Waals surface area contributed by atoms with Gasteiger partial charge in [0.15, 0.2) is 5.82 Å². The van der Waals surface area contributed by atoms with E-state index in [4.69, 9.17) is 21.1 Å². The molecule has 1 amide bonds. The van der Waals surface area contributed by atoms with Gasteiger partial charge < -0.3 is 20.2 Å². The predicted octanol–water partition coefficient (Wildman–Crippen LogP) is 3.91. The van der Waals surface area contributed by atoms with Crippen LogP contribution < -0.4 is 20.2 Å². The molecule has 2 aromatic carbocycles. The molecule has 10 heteroatoms. The van der Waals surface area contributed by atoms with Crippen molar-refractivity contribution in [2.24, 2.45) is 0 Å². The van der Waals surface area contributed by atoms with Gasteiger partial charge in [-0.1, -0.05) is 42.4 Å². The summed E-state index contributed by atoms with van der Waals surface area (Å²) < 4.78 is 12.4. The van der Waals surface area contributed by atoms with Gasteiger partial charge in [-0.3, -0.25) is 4.79 Å². The predicted molar refractivity (Wildman–Crippen MR) is 121 cm³/mol. The van der Waals surface area contributed by atoms with Gasteiger partial charge in [0.25, 0.3) is 0 Å². The first-order valence-electron chi connectivity index (χ1n) is 9.70. The molecule has 0 unspecified atom stereocenters. The molecule has 3 aromatic rings. The van der Waals surface area contributed by atoms with Crippen molar-refractivity contribution >= 4 is 35.0 Å². The van der Waals surface area contributed by atoms with Crippen molar-refractivity contribution in [3.8, 4) is 11.5 Å². The van der Waals surface area contributed by atoms with Crippen LogP contribution in [0.2, 0.25) is 5.02 Å². The van der Waals surface area contributed by atoms with Gasteiger partial charge in [-0.2, -0.15) is 0 Å². The van der Waals surface area contributed by atoms with Crippen molar-refractivity contribution in [2.75, 3.05) is 25.0 Å². The third kappa shape index (κ3) is 4.28. The third-order valence-electron chi connectivity index (χ3n) is 4.95. The molecule has 0 bridgehead atoms. The van der Waals surface area contributed by atoms with E-state index in [1.165, 1.54) is 11.8 Å². The topological polar surface area (TPSA) is 90.3 Å². The highest BCUT2D eigenvalue weighted by Gasteiger charge is 2.38. The average Bonchev–Trinajstić information content (AvgIpc) is 3.20. The Hall–Kier alpha value is -2.91. The van der Waals surface area contributed by atoms with Crippen LogP contribution in [0.4, 0.5) is 5.69 Å². The number of hydrogen-bond acceptors (Lipinski definition) is 7. The van der Waals surface area contributed by atoms with E-state index in [2.05, 4.69) is 20.9 Å². The van der Waals surface area contributed by atoms with Gasteiger partial charge in [-0.25, -0.2) is 4.68 Å². The lowest BCUT2D eigenvalue weighted by Crippen LogP contribution is -2.41. The SMILES string of the molecule is CCc1nnc2n1N[C@@H](c1ccc(OC)c(Cl)c1)[C@@H](C(=O)Nc1cccc(OC)c1)S2. The molecule has 0 spiro atoms. The maximum atomic E-state index is 13.3. The van der Waals surface area contributed by atoms with Crippen molar-refractivity contribution in [1.82, 2.24) is 14.9 Å². The minimum Gasteiger partial charge on any atom is -0.497 e. The number of halogens is 1. The highest BCUT2D eigenvalue weighted by atomic mass is 35.5. The van der Waals surface area contributed by atoms with E-state index in [-0.39, 0.29) is 11.9 Å². The molecule has 2 heterocycles. The standard InChI is InChI=1S/C21H22ClN5O3S/c1-4-17-24-25-21-27(17)26-18(12-8-9-16(30-3)15(22)10-12)19(31-21)20(28)23-13-6-5-7-14(11-13)29-2/h5-11,18-19,26H,4H2,1-3H3,(H,23,28)/t18-,19-/m0/s1. The second-order valence-corrected chi connectivity index (χ2v) is 8.36. The molecule has 2 N–H and O–H groups in total. The fraction of sp³-hybridized carbons (Fsp3) is 0.286. The summed E-state index contributed by atoms with van der Waals surface area (Å²) in [5.41, 5.74) is 4.91. The summed E-state index contributed by atoms with van der Waals surface area (Å²) in [6.07, 6.45) is 0.706. The fourth-order valence-corrected chi connectivity index (χ4v) is 4.73. The van der Waals surface area contributed by atoms with Crippen LogP contribution in [0.5, 0.6) is 11.5 Å². The number of nitrogens with one attached hydrogen (secondary N) is 2. The Kier molecular flexibility index (Phi) is 6.24. The van der Waals surface area contributed by atoms with Crippen LogP contribution in [0.25, 0.3) is 0 Å². The summed E-state index contributed by atoms with van der Waals surface area (Å²) in [5, 5.41) is 12.0. The maximum Gasteiger partial charge on any atom is 0.240 e. The van der Waals surface area contributed by atoms with E-state index in [9.17, 15) is 4.79 Å². The molecule has 162 valence electrons. The molecule has 31 heavy (non-hydrogen) atoms. The van der Waals surface area contributed by atoms with Gasteiger partial charge in [-0.05, 0) is 29.8 Å². The lowest BCUT2D eigenvalue weighted by atomic mass is 10.0. The van der Waals surface area contributed by atoms with Gasteiger partial charge in [0.1, 0.15) is 16.7 Å². The quantitative estimate of drug-likeness (QED) is 0.577. The number of aryl methyl sites for hydroxylation is 1. The molecular weight excluding hydrogens is 438 g/mol. The van der Waals surface area contributed by atoms with E-state index >= 15 is 0 Å². The zero-order valence-corrected chi connectivity index (χ0v) is 18.8. The number of benzene rings is 2. The zero-order valence-electron chi connectivity index (χ0n) is 17.3.